The minimum absolute atomic E-state index is 0.123. The van der Waals surface area contributed by atoms with Gasteiger partial charge in [0.1, 0.15) is 17.4 Å². The second kappa shape index (κ2) is 9.20. The Hall–Kier alpha value is -3.62. The molecule has 1 aliphatic rings. The highest BCUT2D eigenvalue weighted by atomic mass is 35.5. The second-order valence-electron chi connectivity index (χ2n) is 8.46. The molecule has 1 aliphatic heterocycles. The average molecular weight is 497 g/mol. The van der Waals surface area contributed by atoms with Gasteiger partial charge in [-0.25, -0.2) is 14.2 Å². The lowest BCUT2D eigenvalue weighted by atomic mass is 9.97. The van der Waals surface area contributed by atoms with Crippen LogP contribution in [0.4, 0.5) is 10.2 Å². The first kappa shape index (κ1) is 19.7. The zero-order valence-corrected chi connectivity index (χ0v) is 19.6. The molecule has 0 aliphatic carbocycles. The van der Waals surface area contributed by atoms with Crippen LogP contribution in [0.5, 0.6) is 5.75 Å². The number of pyridine rings is 1. The van der Waals surface area contributed by atoms with Crippen molar-refractivity contribution in [3.05, 3.63) is 82.4 Å². The van der Waals surface area contributed by atoms with Crippen molar-refractivity contribution in [2.75, 3.05) is 25.0 Å². The van der Waals surface area contributed by atoms with Gasteiger partial charge in [-0.05, 0) is 61.0 Å². The minimum Gasteiger partial charge on any atom is -0.507 e. The molecular formula is C26H25ClFN5O2. The lowest BCUT2D eigenvalue weighted by molar-refractivity contribution is 0.477. The molecule has 2 aromatic heterocycles. The van der Waals surface area contributed by atoms with Gasteiger partial charge in [0.2, 0.25) is 0 Å². The van der Waals surface area contributed by atoms with E-state index in [1.807, 2.05) is 13.1 Å². The molecule has 0 radical (unpaired) electrons. The van der Waals surface area contributed by atoms with E-state index in [2.05, 4.69) is 15.2 Å². The first-order chi connectivity index (χ1) is 18.1. The Kier molecular flexibility index (Phi) is 5.17. The number of nitrogens with one attached hydrogen (secondary N) is 1. The van der Waals surface area contributed by atoms with Crippen molar-refractivity contribution in [3.63, 3.8) is 0 Å². The van der Waals surface area contributed by atoms with Gasteiger partial charge in [0.25, 0.3) is 0 Å². The number of halogens is 2. The highest BCUT2D eigenvalue weighted by Crippen LogP contribution is 2.41. The SMILES string of the molecule is [2H]C([2H])([2H])n1ccn(-c2ccc(-c3cc(F)cc(-c4ccnc(N5CC[C@H](NC)C5)c4)c3O)cc2Cl)c1=O. The number of phenols is 1. The van der Waals surface area contributed by atoms with Crippen LogP contribution in [0.1, 0.15) is 10.5 Å². The van der Waals surface area contributed by atoms with Crippen LogP contribution in [0.3, 0.4) is 0 Å². The molecule has 3 heterocycles. The van der Waals surface area contributed by atoms with Crippen LogP contribution in [0.25, 0.3) is 27.9 Å². The van der Waals surface area contributed by atoms with Crippen molar-refractivity contribution in [2.24, 2.45) is 6.98 Å². The second-order valence-corrected chi connectivity index (χ2v) is 8.87. The molecule has 0 amide bonds. The summed E-state index contributed by atoms with van der Waals surface area (Å²) < 4.78 is 39.0. The maximum atomic E-state index is 14.8. The lowest BCUT2D eigenvalue weighted by Gasteiger charge is -2.19. The third kappa shape index (κ3) is 4.31. The molecule has 0 bridgehead atoms. The van der Waals surface area contributed by atoms with E-state index in [1.54, 1.807) is 18.3 Å². The molecule has 180 valence electrons. The first-order valence-electron chi connectivity index (χ1n) is 12.6. The Bertz CT molecular complexity index is 1570. The molecule has 9 heteroatoms. The van der Waals surface area contributed by atoms with Gasteiger partial charge >= 0.3 is 5.69 Å². The third-order valence-electron chi connectivity index (χ3n) is 6.35. The van der Waals surface area contributed by atoms with Crippen molar-refractivity contribution in [2.45, 2.75) is 12.5 Å². The normalized spacial score (nSPS) is 17.3. The van der Waals surface area contributed by atoms with E-state index in [4.69, 9.17) is 15.7 Å². The molecular weight excluding hydrogens is 469 g/mol. The van der Waals surface area contributed by atoms with Crippen molar-refractivity contribution < 1.29 is 13.6 Å². The number of nitrogens with zero attached hydrogens (tertiary/aromatic N) is 4. The number of aromatic hydroxyl groups is 1. The molecule has 0 unspecified atom stereocenters. The number of aromatic nitrogens is 3. The molecule has 1 fully saturated rings. The Morgan fingerprint density at radius 1 is 1.17 bits per heavy atom. The zero-order chi connectivity index (χ0) is 27.2. The topological polar surface area (TPSA) is 75.3 Å². The van der Waals surface area contributed by atoms with Crippen LogP contribution in [-0.4, -0.2) is 45.4 Å². The summed E-state index contributed by atoms with van der Waals surface area (Å²) in [5.41, 5.74) is 1.04. The molecule has 7 nitrogen and oxygen atoms in total. The van der Waals surface area contributed by atoms with Gasteiger partial charge in [-0.2, -0.15) is 0 Å². The molecule has 4 aromatic rings. The van der Waals surface area contributed by atoms with Gasteiger partial charge in [0, 0.05) is 59.9 Å². The largest absolute Gasteiger partial charge is 0.507 e. The van der Waals surface area contributed by atoms with Gasteiger partial charge < -0.3 is 19.9 Å². The summed E-state index contributed by atoms with van der Waals surface area (Å²) in [4.78, 5) is 19.2. The molecule has 2 N–H and O–H groups in total. The quantitative estimate of drug-likeness (QED) is 0.433. The number of hydrogen-bond acceptors (Lipinski definition) is 5. The zero-order valence-electron chi connectivity index (χ0n) is 21.9. The van der Waals surface area contributed by atoms with Crippen LogP contribution in [-0.2, 0) is 6.98 Å². The number of aryl methyl sites for hydroxylation is 1. The summed E-state index contributed by atoms with van der Waals surface area (Å²) in [5.74, 6) is 0.0636. The number of benzene rings is 2. The summed E-state index contributed by atoms with van der Waals surface area (Å²) in [6, 6.07) is 11.0. The van der Waals surface area contributed by atoms with Crippen molar-refractivity contribution in [1.82, 2.24) is 19.4 Å². The van der Waals surface area contributed by atoms with Gasteiger partial charge in [-0.15, -0.1) is 0 Å². The number of anilines is 1. The molecule has 0 saturated carbocycles. The number of imidazole rings is 1. The van der Waals surface area contributed by atoms with E-state index >= 15 is 0 Å². The van der Waals surface area contributed by atoms with Crippen molar-refractivity contribution >= 4 is 17.4 Å². The fourth-order valence-corrected chi connectivity index (χ4v) is 4.70. The van der Waals surface area contributed by atoms with E-state index in [-0.39, 0.29) is 22.0 Å². The summed E-state index contributed by atoms with van der Waals surface area (Å²) in [5, 5.41) is 14.6. The van der Waals surface area contributed by atoms with Gasteiger partial charge in [0.05, 0.1) is 10.7 Å². The molecule has 0 spiro atoms. The van der Waals surface area contributed by atoms with Crippen molar-refractivity contribution in [3.8, 4) is 33.7 Å². The predicted molar refractivity (Wildman–Crippen MR) is 136 cm³/mol. The highest BCUT2D eigenvalue weighted by molar-refractivity contribution is 6.32. The van der Waals surface area contributed by atoms with E-state index < -0.39 is 18.5 Å². The molecule has 1 atom stereocenters. The lowest BCUT2D eigenvalue weighted by Crippen LogP contribution is -2.29. The van der Waals surface area contributed by atoms with Gasteiger partial charge in [-0.1, -0.05) is 17.7 Å². The smallest absolute Gasteiger partial charge is 0.332 e. The van der Waals surface area contributed by atoms with E-state index in [0.29, 0.717) is 27.3 Å². The predicted octanol–water partition coefficient (Wildman–Crippen LogP) is 4.20. The van der Waals surface area contributed by atoms with E-state index in [0.717, 1.165) is 36.1 Å². The first-order valence-corrected chi connectivity index (χ1v) is 11.5. The maximum absolute atomic E-state index is 14.8. The van der Waals surface area contributed by atoms with E-state index in [1.165, 1.54) is 30.5 Å². The van der Waals surface area contributed by atoms with Crippen molar-refractivity contribution in [1.29, 1.82) is 0 Å². The highest BCUT2D eigenvalue weighted by Gasteiger charge is 2.23. The molecule has 35 heavy (non-hydrogen) atoms. The number of phenolic OH excluding ortho intramolecular Hbond substituents is 1. The van der Waals surface area contributed by atoms with Gasteiger partial charge in [-0.3, -0.25) is 4.57 Å². The average Bonchev–Trinajstić information content (AvgIpc) is 3.52. The Morgan fingerprint density at radius 3 is 2.60 bits per heavy atom. The van der Waals surface area contributed by atoms with Crippen LogP contribution in [0.15, 0.2) is 65.8 Å². The fourth-order valence-electron chi connectivity index (χ4n) is 4.43. The summed E-state index contributed by atoms with van der Waals surface area (Å²) >= 11 is 6.47. The summed E-state index contributed by atoms with van der Waals surface area (Å²) in [6.45, 7) is -0.988. The van der Waals surface area contributed by atoms with Crippen LogP contribution >= 0.6 is 11.6 Å². The molecule has 5 rings (SSSR count). The maximum Gasteiger partial charge on any atom is 0.332 e. The Balaban J connectivity index is 1.52. The molecule has 1 saturated heterocycles. The summed E-state index contributed by atoms with van der Waals surface area (Å²) in [7, 11) is 1.93. The van der Waals surface area contributed by atoms with Crippen LogP contribution < -0.4 is 15.9 Å². The number of rotatable bonds is 5. The van der Waals surface area contributed by atoms with Gasteiger partial charge in [0.15, 0.2) is 0 Å². The van der Waals surface area contributed by atoms with Crippen LogP contribution in [0, 0.1) is 5.82 Å². The third-order valence-corrected chi connectivity index (χ3v) is 6.65. The molecule has 2 aromatic carbocycles. The Morgan fingerprint density at radius 2 is 1.94 bits per heavy atom. The summed E-state index contributed by atoms with van der Waals surface area (Å²) in [6.07, 6.45) is 5.10. The van der Waals surface area contributed by atoms with Crippen LogP contribution in [0.2, 0.25) is 5.02 Å². The standard InChI is InChI=1S/C26H25ClFN5O2/c1-29-19-6-8-32(15-19)24-12-17(5-7-30-24)21-14-18(28)13-20(25(21)34)16-3-4-23(22(27)11-16)33-10-9-31(2)26(33)35/h3-5,7,9-14,19,29,34H,6,8,15H2,1-2H3/t19-/m0/s1/i2D3. The minimum atomic E-state index is -2.63. The Labute approximate surface area is 211 Å². The monoisotopic (exact) mass is 496 g/mol. The fraction of sp³-hybridized carbons (Fsp3) is 0.231. The number of hydrogen-bond donors (Lipinski definition) is 2. The number of likely N-dealkylation sites (N-methyl/N-ethyl adjacent to an activating group) is 1. The van der Waals surface area contributed by atoms with E-state index in [9.17, 15) is 14.3 Å².